The molecule has 0 aliphatic rings. The maximum atomic E-state index is 5.83. The van der Waals surface area contributed by atoms with Crippen molar-refractivity contribution in [1.82, 2.24) is 5.32 Å². The molecule has 1 N–H and O–H groups in total. The van der Waals surface area contributed by atoms with E-state index in [1.54, 1.807) is 0 Å². The lowest BCUT2D eigenvalue weighted by atomic mass is 10.1. The largest absolute Gasteiger partial charge is 0.363 e. The lowest BCUT2D eigenvalue weighted by molar-refractivity contribution is 0.0304. The minimum Gasteiger partial charge on any atom is -0.363 e. The fourth-order valence-corrected chi connectivity index (χ4v) is 2.52. The highest BCUT2D eigenvalue weighted by atomic mass is 16.5. The Morgan fingerprint density at radius 1 is 0.762 bits per heavy atom. The summed E-state index contributed by atoms with van der Waals surface area (Å²) < 4.78 is 5.83. The molecule has 0 heterocycles. The van der Waals surface area contributed by atoms with E-state index < -0.39 is 0 Å². The molecule has 21 heavy (non-hydrogen) atoms. The third-order valence-corrected chi connectivity index (χ3v) is 3.95. The van der Waals surface area contributed by atoms with Crippen molar-refractivity contribution < 1.29 is 4.74 Å². The van der Waals surface area contributed by atoms with E-state index in [0.29, 0.717) is 0 Å². The van der Waals surface area contributed by atoms with Crippen LogP contribution in [0.1, 0.15) is 104 Å². The first-order valence-corrected chi connectivity index (χ1v) is 9.54. The molecule has 0 rings (SSSR count). The van der Waals surface area contributed by atoms with Crippen molar-refractivity contribution in [2.75, 3.05) is 6.61 Å². The topological polar surface area (TPSA) is 21.3 Å². The number of hydrogen-bond donors (Lipinski definition) is 1. The maximum Gasteiger partial charge on any atom is 0.108 e. The Bertz CT molecular complexity index is 184. The van der Waals surface area contributed by atoms with Crippen molar-refractivity contribution in [2.45, 2.75) is 110 Å². The van der Waals surface area contributed by atoms with Crippen LogP contribution in [0.25, 0.3) is 0 Å². The molecular formula is C19H40NO. The van der Waals surface area contributed by atoms with Gasteiger partial charge in [0.25, 0.3) is 0 Å². The van der Waals surface area contributed by atoms with Gasteiger partial charge in [-0.05, 0) is 19.3 Å². The third kappa shape index (κ3) is 16.1. The molecule has 2 nitrogen and oxygen atoms in total. The molecule has 0 fully saturated rings. The molecule has 0 saturated carbocycles. The van der Waals surface area contributed by atoms with E-state index in [-0.39, 0.29) is 6.23 Å². The normalized spacial score (nSPS) is 12.7. The van der Waals surface area contributed by atoms with Crippen LogP contribution in [0.4, 0.5) is 0 Å². The van der Waals surface area contributed by atoms with Gasteiger partial charge < -0.3 is 4.74 Å². The summed E-state index contributed by atoms with van der Waals surface area (Å²) in [7, 11) is 0. The van der Waals surface area contributed by atoms with Gasteiger partial charge in [-0.15, -0.1) is 0 Å². The summed E-state index contributed by atoms with van der Waals surface area (Å²) >= 11 is 0. The van der Waals surface area contributed by atoms with Crippen molar-refractivity contribution in [3.8, 4) is 0 Å². The zero-order chi connectivity index (χ0) is 15.6. The van der Waals surface area contributed by atoms with E-state index in [1.807, 2.05) is 0 Å². The third-order valence-electron chi connectivity index (χ3n) is 3.95. The summed E-state index contributed by atoms with van der Waals surface area (Å²) in [5, 5.41) is 3.31. The summed E-state index contributed by atoms with van der Waals surface area (Å²) in [5.41, 5.74) is 0. The average molecular weight is 299 g/mol. The molecule has 1 unspecified atom stereocenters. The summed E-state index contributed by atoms with van der Waals surface area (Å²) in [6.45, 7) is 9.59. The molecule has 0 aromatic carbocycles. The van der Waals surface area contributed by atoms with E-state index in [2.05, 4.69) is 32.6 Å². The smallest absolute Gasteiger partial charge is 0.108 e. The predicted octanol–water partition coefficient (Wildman–Crippen LogP) is 6.21. The number of hydrogen-bond acceptors (Lipinski definition) is 2. The molecular weight excluding hydrogens is 258 g/mol. The minimum absolute atomic E-state index is 0.216. The van der Waals surface area contributed by atoms with Crippen LogP contribution in [0.15, 0.2) is 0 Å². The van der Waals surface area contributed by atoms with Gasteiger partial charge in [0, 0.05) is 13.2 Å². The Morgan fingerprint density at radius 2 is 1.29 bits per heavy atom. The van der Waals surface area contributed by atoms with Gasteiger partial charge in [-0.1, -0.05) is 85.0 Å². The van der Waals surface area contributed by atoms with Crippen LogP contribution in [-0.2, 0) is 4.74 Å². The zero-order valence-corrected chi connectivity index (χ0v) is 15.0. The van der Waals surface area contributed by atoms with Gasteiger partial charge in [-0.2, -0.15) is 0 Å². The van der Waals surface area contributed by atoms with Crippen molar-refractivity contribution in [2.24, 2.45) is 0 Å². The molecule has 0 amide bonds. The minimum atomic E-state index is 0.216. The summed E-state index contributed by atoms with van der Waals surface area (Å²) in [6.07, 6.45) is 17.6. The summed E-state index contributed by atoms with van der Waals surface area (Å²) in [6, 6.07) is 0. The number of rotatable bonds is 17. The Balaban J connectivity index is 3.14. The summed E-state index contributed by atoms with van der Waals surface area (Å²) in [5.74, 6) is 0. The van der Waals surface area contributed by atoms with Gasteiger partial charge in [-0.25, -0.2) is 0 Å². The Morgan fingerprint density at radius 3 is 1.76 bits per heavy atom. The number of nitrogens with one attached hydrogen (secondary N) is 1. The van der Waals surface area contributed by atoms with Gasteiger partial charge in [0.05, 0.1) is 0 Å². The molecule has 0 saturated heterocycles. The SMILES string of the molecule is CC[CH]NC(CC)OCCCCCCCCCCCCC. The summed E-state index contributed by atoms with van der Waals surface area (Å²) in [4.78, 5) is 0. The Kier molecular flexibility index (Phi) is 17.9. The number of unbranched alkanes of at least 4 members (excludes halogenated alkanes) is 10. The highest BCUT2D eigenvalue weighted by Crippen LogP contribution is 2.11. The van der Waals surface area contributed by atoms with Gasteiger partial charge in [0.1, 0.15) is 6.23 Å². The van der Waals surface area contributed by atoms with Crippen LogP contribution < -0.4 is 5.32 Å². The van der Waals surface area contributed by atoms with E-state index in [1.165, 1.54) is 70.6 Å². The Hall–Kier alpha value is -0.0800. The van der Waals surface area contributed by atoms with Gasteiger partial charge in [0.2, 0.25) is 0 Å². The first-order chi connectivity index (χ1) is 10.3. The maximum absolute atomic E-state index is 5.83. The molecule has 2 heteroatoms. The zero-order valence-electron chi connectivity index (χ0n) is 15.0. The van der Waals surface area contributed by atoms with Crippen LogP contribution in [-0.4, -0.2) is 12.8 Å². The first kappa shape index (κ1) is 20.9. The molecule has 0 aliphatic heterocycles. The van der Waals surface area contributed by atoms with E-state index in [0.717, 1.165) is 19.4 Å². The highest BCUT2D eigenvalue weighted by molar-refractivity contribution is 4.62. The molecule has 1 atom stereocenters. The highest BCUT2D eigenvalue weighted by Gasteiger charge is 2.03. The fourth-order valence-electron chi connectivity index (χ4n) is 2.52. The fraction of sp³-hybridized carbons (Fsp3) is 0.947. The van der Waals surface area contributed by atoms with Crippen molar-refractivity contribution in [3.05, 3.63) is 6.54 Å². The van der Waals surface area contributed by atoms with E-state index in [9.17, 15) is 0 Å². The monoisotopic (exact) mass is 298 g/mol. The second kappa shape index (κ2) is 18.0. The van der Waals surface area contributed by atoms with Crippen molar-refractivity contribution in [1.29, 1.82) is 0 Å². The van der Waals surface area contributed by atoms with E-state index >= 15 is 0 Å². The second-order valence-corrected chi connectivity index (χ2v) is 6.08. The second-order valence-electron chi connectivity index (χ2n) is 6.08. The standard InChI is InChI=1S/C19H40NO/c1-4-7-8-9-10-11-12-13-14-15-16-18-21-19(6-3)20-17-5-2/h17,19-20H,4-16,18H2,1-3H3. The quantitative estimate of drug-likeness (QED) is 0.254. The molecule has 0 aromatic rings. The van der Waals surface area contributed by atoms with Crippen LogP contribution in [0.2, 0.25) is 0 Å². The van der Waals surface area contributed by atoms with Gasteiger partial charge in [-0.3, -0.25) is 5.32 Å². The lowest BCUT2D eigenvalue weighted by Crippen LogP contribution is -2.29. The molecule has 0 aliphatic carbocycles. The predicted molar refractivity (Wildman–Crippen MR) is 94.2 cm³/mol. The van der Waals surface area contributed by atoms with Gasteiger partial charge in [0.15, 0.2) is 0 Å². The Labute approximate surface area is 134 Å². The lowest BCUT2D eigenvalue weighted by Gasteiger charge is -2.17. The molecule has 0 bridgehead atoms. The van der Waals surface area contributed by atoms with Crippen molar-refractivity contribution >= 4 is 0 Å². The molecule has 127 valence electrons. The first-order valence-electron chi connectivity index (χ1n) is 9.54. The molecule has 0 spiro atoms. The average Bonchev–Trinajstić information content (AvgIpc) is 2.51. The number of ether oxygens (including phenoxy) is 1. The van der Waals surface area contributed by atoms with E-state index in [4.69, 9.17) is 4.74 Å². The van der Waals surface area contributed by atoms with Gasteiger partial charge >= 0.3 is 0 Å². The van der Waals surface area contributed by atoms with Crippen molar-refractivity contribution in [3.63, 3.8) is 0 Å². The van der Waals surface area contributed by atoms with Crippen LogP contribution in [0, 0.1) is 6.54 Å². The molecule has 0 aromatic heterocycles. The molecule has 1 radical (unpaired) electrons. The van der Waals surface area contributed by atoms with Crippen LogP contribution in [0.5, 0.6) is 0 Å². The van der Waals surface area contributed by atoms with Crippen LogP contribution >= 0.6 is 0 Å². The van der Waals surface area contributed by atoms with Crippen LogP contribution in [0.3, 0.4) is 0 Å².